The summed E-state index contributed by atoms with van der Waals surface area (Å²) in [5, 5.41) is 11.4. The Balaban J connectivity index is 1.93. The van der Waals surface area contributed by atoms with E-state index in [0.717, 1.165) is 24.0 Å². The zero-order valence-electron chi connectivity index (χ0n) is 10.7. The standard InChI is InChI=1S/C15H18O3/c1-9-3-4-13-11(7-9)8-14(18-13)15(16)12-5-6-17-10(12)2/h3-4,7-8,10,12,15-16H,5-6H2,1-2H3. The number of aryl methyl sites for hydroxylation is 1. The zero-order chi connectivity index (χ0) is 12.7. The van der Waals surface area contributed by atoms with Crippen molar-refractivity contribution in [3.05, 3.63) is 35.6 Å². The molecule has 3 unspecified atom stereocenters. The minimum atomic E-state index is -0.574. The van der Waals surface area contributed by atoms with Gasteiger partial charge in [-0.25, -0.2) is 0 Å². The van der Waals surface area contributed by atoms with Crippen LogP contribution in [0.2, 0.25) is 0 Å². The summed E-state index contributed by atoms with van der Waals surface area (Å²) in [4.78, 5) is 0. The van der Waals surface area contributed by atoms with Crippen LogP contribution in [0.15, 0.2) is 28.7 Å². The van der Waals surface area contributed by atoms with Crippen molar-refractivity contribution >= 4 is 11.0 Å². The molecule has 2 aromatic rings. The van der Waals surface area contributed by atoms with Gasteiger partial charge in [0.25, 0.3) is 0 Å². The molecule has 2 heterocycles. The van der Waals surface area contributed by atoms with Crippen molar-refractivity contribution in [1.82, 2.24) is 0 Å². The first-order valence-electron chi connectivity index (χ1n) is 6.45. The van der Waals surface area contributed by atoms with Crippen LogP contribution in [0.5, 0.6) is 0 Å². The van der Waals surface area contributed by atoms with Crippen LogP contribution in [0.25, 0.3) is 11.0 Å². The Morgan fingerprint density at radius 2 is 2.17 bits per heavy atom. The fourth-order valence-electron chi connectivity index (χ4n) is 2.70. The molecule has 0 bridgehead atoms. The maximum Gasteiger partial charge on any atom is 0.134 e. The Hall–Kier alpha value is -1.32. The maximum absolute atomic E-state index is 10.4. The molecule has 3 atom stereocenters. The minimum absolute atomic E-state index is 0.0925. The Kier molecular flexibility index (Phi) is 2.88. The summed E-state index contributed by atoms with van der Waals surface area (Å²) in [7, 11) is 0. The molecule has 1 N–H and O–H groups in total. The smallest absolute Gasteiger partial charge is 0.134 e. The summed E-state index contributed by atoms with van der Waals surface area (Å²) < 4.78 is 11.2. The fraction of sp³-hybridized carbons (Fsp3) is 0.467. The van der Waals surface area contributed by atoms with Gasteiger partial charge in [-0.15, -0.1) is 0 Å². The topological polar surface area (TPSA) is 42.6 Å². The van der Waals surface area contributed by atoms with Gasteiger partial charge in [0.2, 0.25) is 0 Å². The normalized spacial score (nSPS) is 25.7. The molecule has 3 nitrogen and oxygen atoms in total. The molecule has 18 heavy (non-hydrogen) atoms. The third kappa shape index (κ3) is 1.93. The predicted molar refractivity (Wildman–Crippen MR) is 69.4 cm³/mol. The van der Waals surface area contributed by atoms with E-state index in [0.29, 0.717) is 5.76 Å². The third-order valence-electron chi connectivity index (χ3n) is 3.82. The lowest BCUT2D eigenvalue weighted by Gasteiger charge is -2.18. The number of hydrogen-bond donors (Lipinski definition) is 1. The van der Waals surface area contributed by atoms with Crippen LogP contribution < -0.4 is 0 Å². The number of aliphatic hydroxyl groups excluding tert-OH is 1. The molecule has 96 valence electrons. The van der Waals surface area contributed by atoms with Crippen LogP contribution in [-0.2, 0) is 4.74 Å². The van der Waals surface area contributed by atoms with Crippen molar-refractivity contribution in [3.63, 3.8) is 0 Å². The van der Waals surface area contributed by atoms with Crippen LogP contribution in [0.3, 0.4) is 0 Å². The lowest BCUT2D eigenvalue weighted by atomic mass is 9.94. The van der Waals surface area contributed by atoms with Crippen molar-refractivity contribution in [2.45, 2.75) is 32.5 Å². The summed E-state index contributed by atoms with van der Waals surface area (Å²) in [6.07, 6.45) is 0.406. The minimum Gasteiger partial charge on any atom is -0.458 e. The lowest BCUT2D eigenvalue weighted by Crippen LogP contribution is -2.19. The summed E-state index contributed by atoms with van der Waals surface area (Å²) >= 11 is 0. The summed E-state index contributed by atoms with van der Waals surface area (Å²) in [5.41, 5.74) is 2.03. The van der Waals surface area contributed by atoms with Crippen LogP contribution in [0.1, 0.15) is 30.8 Å². The quantitative estimate of drug-likeness (QED) is 0.884. The molecular weight excluding hydrogens is 228 g/mol. The Labute approximate surface area is 106 Å². The van der Waals surface area contributed by atoms with Gasteiger partial charge in [-0.2, -0.15) is 0 Å². The number of aliphatic hydroxyl groups is 1. The molecule has 1 aliphatic rings. The second kappa shape index (κ2) is 4.41. The van der Waals surface area contributed by atoms with Crippen LogP contribution in [0, 0.1) is 12.8 Å². The SMILES string of the molecule is Cc1ccc2oc(C(O)C3CCOC3C)cc2c1. The second-order valence-electron chi connectivity index (χ2n) is 5.16. The second-order valence-corrected chi connectivity index (χ2v) is 5.16. The van der Waals surface area contributed by atoms with Crippen molar-refractivity contribution in [2.75, 3.05) is 6.61 Å². The molecule has 0 radical (unpaired) electrons. The summed E-state index contributed by atoms with van der Waals surface area (Å²) in [5.74, 6) is 0.782. The molecule has 0 aliphatic carbocycles. The highest BCUT2D eigenvalue weighted by Gasteiger charge is 2.33. The monoisotopic (exact) mass is 246 g/mol. The highest BCUT2D eigenvalue weighted by molar-refractivity contribution is 5.78. The molecule has 1 aromatic heterocycles. The van der Waals surface area contributed by atoms with Gasteiger partial charge < -0.3 is 14.3 Å². The fourth-order valence-corrected chi connectivity index (χ4v) is 2.70. The van der Waals surface area contributed by atoms with Crippen molar-refractivity contribution in [3.8, 4) is 0 Å². The van der Waals surface area contributed by atoms with Gasteiger partial charge >= 0.3 is 0 Å². The van der Waals surface area contributed by atoms with E-state index in [-0.39, 0.29) is 12.0 Å². The molecule has 0 saturated carbocycles. The van der Waals surface area contributed by atoms with Crippen LogP contribution >= 0.6 is 0 Å². The van der Waals surface area contributed by atoms with Crippen molar-refractivity contribution in [2.24, 2.45) is 5.92 Å². The first-order chi connectivity index (χ1) is 8.65. The number of ether oxygens (including phenoxy) is 1. The van der Waals surface area contributed by atoms with Crippen LogP contribution in [0.4, 0.5) is 0 Å². The molecule has 3 rings (SSSR count). The van der Waals surface area contributed by atoms with Crippen molar-refractivity contribution < 1.29 is 14.3 Å². The van der Waals surface area contributed by atoms with Gasteiger partial charge in [-0.1, -0.05) is 11.6 Å². The Morgan fingerprint density at radius 1 is 1.33 bits per heavy atom. The zero-order valence-corrected chi connectivity index (χ0v) is 10.7. The first kappa shape index (κ1) is 11.8. The molecule has 0 amide bonds. The van der Waals surface area contributed by atoms with Gasteiger partial charge in [0, 0.05) is 17.9 Å². The van der Waals surface area contributed by atoms with E-state index in [4.69, 9.17) is 9.15 Å². The maximum atomic E-state index is 10.4. The molecule has 1 fully saturated rings. The molecular formula is C15H18O3. The average molecular weight is 246 g/mol. The number of furan rings is 1. The van der Waals surface area contributed by atoms with E-state index < -0.39 is 6.10 Å². The lowest BCUT2D eigenvalue weighted by molar-refractivity contribution is 0.0329. The van der Waals surface area contributed by atoms with Gasteiger partial charge in [-0.05, 0) is 38.5 Å². The Bertz CT molecular complexity index is 558. The van der Waals surface area contributed by atoms with Gasteiger partial charge in [-0.3, -0.25) is 0 Å². The van der Waals surface area contributed by atoms with E-state index in [1.165, 1.54) is 5.56 Å². The first-order valence-corrected chi connectivity index (χ1v) is 6.45. The van der Waals surface area contributed by atoms with Crippen LogP contribution in [-0.4, -0.2) is 17.8 Å². The molecule has 1 aromatic carbocycles. The largest absolute Gasteiger partial charge is 0.458 e. The molecule has 0 spiro atoms. The number of benzene rings is 1. The molecule has 3 heteroatoms. The van der Waals surface area contributed by atoms with E-state index in [2.05, 4.69) is 13.0 Å². The average Bonchev–Trinajstić information content (AvgIpc) is 2.93. The highest BCUT2D eigenvalue weighted by atomic mass is 16.5. The number of fused-ring (bicyclic) bond motifs is 1. The van der Waals surface area contributed by atoms with Gasteiger partial charge in [0.15, 0.2) is 0 Å². The van der Waals surface area contributed by atoms with Crippen molar-refractivity contribution in [1.29, 1.82) is 0 Å². The van der Waals surface area contributed by atoms with E-state index in [1.54, 1.807) is 0 Å². The summed E-state index contributed by atoms with van der Waals surface area (Å²) in [6.45, 7) is 4.78. The third-order valence-corrected chi connectivity index (χ3v) is 3.82. The molecule has 1 saturated heterocycles. The number of hydrogen-bond acceptors (Lipinski definition) is 3. The highest BCUT2D eigenvalue weighted by Crippen LogP contribution is 2.35. The molecule has 1 aliphatic heterocycles. The van der Waals surface area contributed by atoms with E-state index in [1.807, 2.05) is 25.1 Å². The summed E-state index contributed by atoms with van der Waals surface area (Å²) in [6, 6.07) is 7.99. The van der Waals surface area contributed by atoms with E-state index in [9.17, 15) is 5.11 Å². The predicted octanol–water partition coefficient (Wildman–Crippen LogP) is 3.20. The van der Waals surface area contributed by atoms with Gasteiger partial charge in [0.05, 0.1) is 6.10 Å². The van der Waals surface area contributed by atoms with E-state index >= 15 is 0 Å². The Morgan fingerprint density at radius 3 is 2.89 bits per heavy atom. The number of rotatable bonds is 2. The van der Waals surface area contributed by atoms with Gasteiger partial charge in [0.1, 0.15) is 17.4 Å².